The molecule has 2 aromatic carbocycles. The number of ether oxygens (including phenoxy) is 1. The van der Waals surface area contributed by atoms with Crippen molar-refractivity contribution < 1.29 is 9.53 Å². The molecule has 6 nitrogen and oxygen atoms in total. The Balaban J connectivity index is 1.78. The summed E-state index contributed by atoms with van der Waals surface area (Å²) in [7, 11) is 3.44. The molecular formula is C21H25N3O3. The number of rotatable bonds is 5. The van der Waals surface area contributed by atoms with Crippen LogP contribution in [0, 0.1) is 0 Å². The van der Waals surface area contributed by atoms with Crippen LogP contribution in [0.4, 0.5) is 5.69 Å². The molecule has 0 saturated carbocycles. The lowest BCUT2D eigenvalue weighted by Crippen LogP contribution is -2.30. The first-order valence-corrected chi connectivity index (χ1v) is 9.01. The van der Waals surface area contributed by atoms with Crippen molar-refractivity contribution in [3.8, 4) is 5.75 Å². The average Bonchev–Trinajstić information content (AvgIpc) is 2.86. The van der Waals surface area contributed by atoms with Crippen molar-refractivity contribution in [2.45, 2.75) is 32.8 Å². The number of hydrogen-bond donors (Lipinski definition) is 1. The molecule has 27 heavy (non-hydrogen) atoms. The van der Waals surface area contributed by atoms with Crippen LogP contribution in [0.15, 0.2) is 47.3 Å². The predicted octanol–water partition coefficient (Wildman–Crippen LogP) is 3.41. The second-order valence-corrected chi connectivity index (χ2v) is 7.05. The van der Waals surface area contributed by atoms with Gasteiger partial charge < -0.3 is 10.1 Å². The summed E-state index contributed by atoms with van der Waals surface area (Å²) >= 11 is 0. The first kappa shape index (κ1) is 18.8. The number of anilines is 1. The van der Waals surface area contributed by atoms with E-state index in [9.17, 15) is 9.59 Å². The normalized spacial score (nSPS) is 12.4. The molecule has 0 radical (unpaired) electrons. The summed E-state index contributed by atoms with van der Waals surface area (Å²) < 4.78 is 9.04. The maximum Gasteiger partial charge on any atom is 0.328 e. The zero-order valence-corrected chi connectivity index (χ0v) is 16.3. The van der Waals surface area contributed by atoms with Crippen molar-refractivity contribution in [3.63, 3.8) is 0 Å². The first-order valence-electron chi connectivity index (χ1n) is 9.01. The Bertz CT molecular complexity index is 1050. The number of aryl methyl sites for hydroxylation is 2. The molecule has 0 saturated heterocycles. The molecule has 0 spiro atoms. The topological polar surface area (TPSA) is 65.3 Å². The number of amides is 1. The zero-order valence-electron chi connectivity index (χ0n) is 16.3. The Hall–Kier alpha value is -3.02. The smallest absolute Gasteiger partial charge is 0.328 e. The molecule has 3 rings (SSSR count). The van der Waals surface area contributed by atoms with E-state index >= 15 is 0 Å². The summed E-state index contributed by atoms with van der Waals surface area (Å²) in [6.07, 6.45) is -0.653. The molecule has 1 atom stereocenters. The largest absolute Gasteiger partial charge is 0.481 e. The molecule has 1 amide bonds. The summed E-state index contributed by atoms with van der Waals surface area (Å²) in [5, 5.41) is 2.87. The fourth-order valence-electron chi connectivity index (χ4n) is 3.14. The molecule has 0 bridgehead atoms. The van der Waals surface area contributed by atoms with E-state index in [0.29, 0.717) is 11.6 Å². The fraction of sp³-hybridized carbons (Fsp3) is 0.333. The van der Waals surface area contributed by atoms with Gasteiger partial charge in [0.1, 0.15) is 5.75 Å². The number of carbonyl (C=O) groups is 1. The van der Waals surface area contributed by atoms with Crippen molar-refractivity contribution in [1.82, 2.24) is 9.13 Å². The van der Waals surface area contributed by atoms with Gasteiger partial charge in [0.2, 0.25) is 0 Å². The van der Waals surface area contributed by atoms with Gasteiger partial charge in [-0.2, -0.15) is 0 Å². The number of fused-ring (bicyclic) bond motifs is 1. The standard InChI is InChI=1S/C21H25N3O3/c1-13(2)16-8-6-7-9-19(16)27-14(3)20(25)22-15-10-11-17-18(12-15)24(5)21(26)23(17)4/h6-14H,1-5H3,(H,22,25). The Morgan fingerprint density at radius 2 is 1.67 bits per heavy atom. The van der Waals surface area contributed by atoms with Crippen LogP contribution < -0.4 is 15.7 Å². The van der Waals surface area contributed by atoms with Gasteiger partial charge in [0.15, 0.2) is 6.10 Å². The quantitative estimate of drug-likeness (QED) is 0.752. The molecule has 1 aromatic heterocycles. The van der Waals surface area contributed by atoms with Crippen molar-refractivity contribution in [2.24, 2.45) is 14.1 Å². The highest BCUT2D eigenvalue weighted by atomic mass is 16.5. The van der Waals surface area contributed by atoms with Gasteiger partial charge in [0, 0.05) is 19.8 Å². The SMILES string of the molecule is CC(Oc1ccccc1C(C)C)C(=O)Nc1ccc2c(c1)n(C)c(=O)n2C. The van der Waals surface area contributed by atoms with E-state index < -0.39 is 6.10 Å². The Morgan fingerprint density at radius 3 is 2.37 bits per heavy atom. The van der Waals surface area contributed by atoms with E-state index in [4.69, 9.17) is 4.74 Å². The summed E-state index contributed by atoms with van der Waals surface area (Å²) in [4.78, 5) is 24.6. The number of para-hydroxylation sites is 1. The third kappa shape index (κ3) is 3.60. The summed E-state index contributed by atoms with van der Waals surface area (Å²) in [5.74, 6) is 0.781. The highest BCUT2D eigenvalue weighted by Gasteiger charge is 2.18. The maximum atomic E-state index is 12.6. The van der Waals surface area contributed by atoms with Gasteiger partial charge in [-0.25, -0.2) is 4.79 Å². The van der Waals surface area contributed by atoms with Crippen LogP contribution in [-0.2, 0) is 18.9 Å². The molecule has 1 N–H and O–H groups in total. The number of carbonyl (C=O) groups excluding carboxylic acids is 1. The minimum Gasteiger partial charge on any atom is -0.481 e. The molecular weight excluding hydrogens is 342 g/mol. The van der Waals surface area contributed by atoms with E-state index in [1.807, 2.05) is 30.3 Å². The monoisotopic (exact) mass is 367 g/mol. The number of aromatic nitrogens is 2. The van der Waals surface area contributed by atoms with Crippen molar-refractivity contribution in [2.75, 3.05) is 5.32 Å². The summed E-state index contributed by atoms with van der Waals surface area (Å²) in [5.41, 5.74) is 3.17. The van der Waals surface area contributed by atoms with Gasteiger partial charge in [-0.15, -0.1) is 0 Å². The van der Waals surface area contributed by atoms with Crippen molar-refractivity contribution >= 4 is 22.6 Å². The van der Waals surface area contributed by atoms with Crippen LogP contribution in [-0.4, -0.2) is 21.1 Å². The lowest BCUT2D eigenvalue weighted by Gasteiger charge is -2.18. The van der Waals surface area contributed by atoms with E-state index in [-0.39, 0.29) is 11.6 Å². The van der Waals surface area contributed by atoms with E-state index in [2.05, 4.69) is 19.2 Å². The second-order valence-electron chi connectivity index (χ2n) is 7.05. The van der Waals surface area contributed by atoms with Crippen LogP contribution in [0.2, 0.25) is 0 Å². The molecule has 1 heterocycles. The van der Waals surface area contributed by atoms with Crippen LogP contribution in [0.5, 0.6) is 5.75 Å². The Morgan fingerprint density at radius 1 is 1.00 bits per heavy atom. The molecule has 142 valence electrons. The minimum absolute atomic E-state index is 0.101. The van der Waals surface area contributed by atoms with Gasteiger partial charge in [-0.3, -0.25) is 13.9 Å². The van der Waals surface area contributed by atoms with Gasteiger partial charge in [0.05, 0.1) is 11.0 Å². The average molecular weight is 367 g/mol. The third-order valence-corrected chi connectivity index (χ3v) is 4.75. The van der Waals surface area contributed by atoms with Crippen molar-refractivity contribution in [3.05, 3.63) is 58.5 Å². The molecule has 1 unspecified atom stereocenters. The van der Waals surface area contributed by atoms with Gasteiger partial charge in [-0.1, -0.05) is 32.0 Å². The zero-order chi connectivity index (χ0) is 19.7. The maximum absolute atomic E-state index is 12.6. The molecule has 0 fully saturated rings. The van der Waals surface area contributed by atoms with Crippen LogP contribution >= 0.6 is 0 Å². The van der Waals surface area contributed by atoms with Crippen LogP contribution in [0.1, 0.15) is 32.3 Å². The summed E-state index contributed by atoms with van der Waals surface area (Å²) in [6.45, 7) is 5.90. The van der Waals surface area contributed by atoms with Crippen LogP contribution in [0.3, 0.4) is 0 Å². The van der Waals surface area contributed by atoms with Gasteiger partial charge in [-0.05, 0) is 42.7 Å². The van der Waals surface area contributed by atoms with E-state index in [1.165, 1.54) is 0 Å². The molecule has 0 aliphatic carbocycles. The number of benzene rings is 2. The van der Waals surface area contributed by atoms with Gasteiger partial charge in [0.25, 0.3) is 5.91 Å². The highest BCUT2D eigenvalue weighted by Crippen LogP contribution is 2.27. The number of nitrogens with zero attached hydrogens (tertiary/aromatic N) is 2. The van der Waals surface area contributed by atoms with E-state index in [0.717, 1.165) is 22.3 Å². The lowest BCUT2D eigenvalue weighted by atomic mass is 10.0. The lowest BCUT2D eigenvalue weighted by molar-refractivity contribution is -0.122. The highest BCUT2D eigenvalue weighted by molar-refractivity contribution is 5.96. The van der Waals surface area contributed by atoms with Gasteiger partial charge >= 0.3 is 5.69 Å². The molecule has 0 aliphatic rings. The molecule has 6 heteroatoms. The number of nitrogens with one attached hydrogen (secondary N) is 1. The first-order chi connectivity index (χ1) is 12.8. The van der Waals surface area contributed by atoms with E-state index in [1.54, 1.807) is 42.3 Å². The Labute approximate surface area is 158 Å². The number of hydrogen-bond acceptors (Lipinski definition) is 3. The van der Waals surface area contributed by atoms with Crippen LogP contribution in [0.25, 0.3) is 11.0 Å². The second kappa shape index (κ2) is 7.31. The molecule has 0 aliphatic heterocycles. The predicted molar refractivity (Wildman–Crippen MR) is 107 cm³/mol. The minimum atomic E-state index is -0.653. The Kier molecular flexibility index (Phi) is 5.08. The fourth-order valence-corrected chi connectivity index (χ4v) is 3.14. The molecule has 3 aromatic rings. The summed E-state index contributed by atoms with van der Waals surface area (Å²) in [6, 6.07) is 13.2. The number of imidazole rings is 1. The van der Waals surface area contributed by atoms with Crippen molar-refractivity contribution in [1.29, 1.82) is 0 Å². The third-order valence-electron chi connectivity index (χ3n) is 4.75.